The number of nitrogens with two attached hydrogens (primary N) is 1. The third-order valence-corrected chi connectivity index (χ3v) is 4.36. The van der Waals surface area contributed by atoms with Crippen LogP contribution in [-0.4, -0.2) is 47.6 Å². The minimum Gasteiger partial charge on any atom is -0.484 e. The Bertz CT molecular complexity index is 789. The van der Waals surface area contributed by atoms with Crippen molar-refractivity contribution >= 4 is 11.8 Å². The first-order valence-corrected chi connectivity index (χ1v) is 8.62. The predicted octanol–water partition coefficient (Wildman–Crippen LogP) is 1.81. The molecular formula is C20H22N2O4. The van der Waals surface area contributed by atoms with Crippen LogP contribution < -0.4 is 10.5 Å². The topological polar surface area (TPSA) is 92.9 Å². The Labute approximate surface area is 152 Å². The summed E-state index contributed by atoms with van der Waals surface area (Å²) in [6.07, 6.45) is 1.13. The third kappa shape index (κ3) is 4.40. The second-order valence-electron chi connectivity index (χ2n) is 6.41. The Morgan fingerprint density at radius 1 is 1.15 bits per heavy atom. The second-order valence-corrected chi connectivity index (χ2v) is 6.41. The van der Waals surface area contributed by atoms with E-state index >= 15 is 0 Å². The summed E-state index contributed by atoms with van der Waals surface area (Å²) in [5.41, 5.74) is 7.54. The largest absolute Gasteiger partial charge is 0.484 e. The number of piperidine rings is 1. The normalized spacial score (nSPS) is 17.0. The van der Waals surface area contributed by atoms with E-state index in [0.717, 1.165) is 24.0 Å². The summed E-state index contributed by atoms with van der Waals surface area (Å²) in [5.74, 6) is -0.0290. The Hall–Kier alpha value is -2.86. The molecule has 0 spiro atoms. The maximum atomic E-state index is 12.5. The van der Waals surface area contributed by atoms with E-state index in [-0.39, 0.29) is 12.5 Å². The molecule has 1 atom stereocenters. The maximum absolute atomic E-state index is 12.5. The number of hydrogen-bond donors (Lipinski definition) is 2. The monoisotopic (exact) mass is 354 g/mol. The summed E-state index contributed by atoms with van der Waals surface area (Å²) >= 11 is 0. The fraction of sp³-hybridized carbons (Fsp3) is 0.300. The predicted molar refractivity (Wildman–Crippen MR) is 97.7 cm³/mol. The smallest absolute Gasteiger partial charge is 0.255 e. The average Bonchev–Trinajstić information content (AvgIpc) is 2.66. The summed E-state index contributed by atoms with van der Waals surface area (Å²) in [5, 5.41) is 9.74. The quantitative estimate of drug-likeness (QED) is 0.856. The molecule has 0 saturated carbocycles. The van der Waals surface area contributed by atoms with Crippen molar-refractivity contribution in [3.05, 3.63) is 54.1 Å². The number of aliphatic hydroxyl groups is 1. The lowest BCUT2D eigenvalue weighted by Gasteiger charge is -2.30. The first-order valence-electron chi connectivity index (χ1n) is 8.62. The number of likely N-dealkylation sites (tertiary alicyclic amines) is 1. The van der Waals surface area contributed by atoms with Gasteiger partial charge in [-0.2, -0.15) is 0 Å². The third-order valence-electron chi connectivity index (χ3n) is 4.36. The van der Waals surface area contributed by atoms with Crippen LogP contribution in [-0.2, 0) is 4.79 Å². The molecule has 1 heterocycles. The standard InChI is InChI=1S/C20H22N2O4/c21-19(24)13-26-18-5-1-3-16(11-18)14-6-8-15(9-7-14)20(25)22-10-2-4-17(23)12-22/h1,3,5-9,11,17,23H,2,4,10,12-13H2,(H2,21,24). The number of β-amino-alcohol motifs (C(OH)–C–C–N with tert-alkyl or cyclic N) is 1. The molecule has 0 aliphatic carbocycles. The Morgan fingerprint density at radius 2 is 1.92 bits per heavy atom. The van der Waals surface area contributed by atoms with Gasteiger partial charge in [-0.05, 0) is 48.2 Å². The minimum atomic E-state index is -0.527. The van der Waals surface area contributed by atoms with E-state index in [1.807, 2.05) is 30.3 Å². The SMILES string of the molecule is NC(=O)COc1cccc(-c2ccc(C(=O)N3CCCC(O)C3)cc2)c1. The molecule has 6 nitrogen and oxygen atoms in total. The molecule has 3 rings (SSSR count). The Kier molecular flexibility index (Phi) is 5.53. The van der Waals surface area contributed by atoms with Crippen LogP contribution in [0, 0.1) is 0 Å². The van der Waals surface area contributed by atoms with Crippen molar-refractivity contribution in [2.75, 3.05) is 19.7 Å². The number of benzene rings is 2. The van der Waals surface area contributed by atoms with Crippen molar-refractivity contribution in [1.82, 2.24) is 4.90 Å². The van der Waals surface area contributed by atoms with Gasteiger partial charge in [0.25, 0.3) is 11.8 Å². The zero-order valence-electron chi connectivity index (χ0n) is 14.4. The molecule has 1 aliphatic rings. The van der Waals surface area contributed by atoms with Crippen molar-refractivity contribution in [1.29, 1.82) is 0 Å². The van der Waals surface area contributed by atoms with Gasteiger partial charge in [-0.1, -0.05) is 24.3 Å². The van der Waals surface area contributed by atoms with Crippen molar-refractivity contribution in [2.45, 2.75) is 18.9 Å². The molecule has 0 aromatic heterocycles. The van der Waals surface area contributed by atoms with E-state index < -0.39 is 12.0 Å². The van der Waals surface area contributed by atoms with Crippen LogP contribution in [0.5, 0.6) is 5.75 Å². The molecule has 136 valence electrons. The molecule has 1 unspecified atom stereocenters. The molecule has 0 radical (unpaired) electrons. The number of carbonyl (C=O) groups is 2. The van der Waals surface area contributed by atoms with Gasteiger partial charge in [0.05, 0.1) is 6.10 Å². The number of amides is 2. The van der Waals surface area contributed by atoms with Crippen molar-refractivity contribution in [3.63, 3.8) is 0 Å². The first kappa shape index (κ1) is 17.9. The number of aliphatic hydroxyl groups excluding tert-OH is 1. The van der Waals surface area contributed by atoms with Gasteiger partial charge in [0.15, 0.2) is 6.61 Å². The van der Waals surface area contributed by atoms with Crippen molar-refractivity contribution < 1.29 is 19.4 Å². The van der Waals surface area contributed by atoms with E-state index in [4.69, 9.17) is 10.5 Å². The average molecular weight is 354 g/mol. The molecule has 1 fully saturated rings. The fourth-order valence-electron chi connectivity index (χ4n) is 3.05. The van der Waals surface area contributed by atoms with Gasteiger partial charge < -0.3 is 20.5 Å². The molecule has 1 aliphatic heterocycles. The highest BCUT2D eigenvalue weighted by Crippen LogP contribution is 2.25. The Morgan fingerprint density at radius 3 is 2.62 bits per heavy atom. The van der Waals surface area contributed by atoms with Crippen LogP contribution in [0.3, 0.4) is 0 Å². The van der Waals surface area contributed by atoms with Crippen LogP contribution in [0.4, 0.5) is 0 Å². The second kappa shape index (κ2) is 8.01. The molecule has 1 saturated heterocycles. The lowest BCUT2D eigenvalue weighted by molar-refractivity contribution is -0.119. The van der Waals surface area contributed by atoms with E-state index in [1.165, 1.54) is 0 Å². The van der Waals surface area contributed by atoms with Crippen molar-refractivity contribution in [2.24, 2.45) is 5.73 Å². The summed E-state index contributed by atoms with van der Waals surface area (Å²) in [6.45, 7) is 0.898. The van der Waals surface area contributed by atoms with Gasteiger partial charge in [-0.25, -0.2) is 0 Å². The first-order chi connectivity index (χ1) is 12.5. The fourth-order valence-corrected chi connectivity index (χ4v) is 3.05. The number of nitrogens with zero attached hydrogens (tertiary/aromatic N) is 1. The summed E-state index contributed by atoms with van der Waals surface area (Å²) in [4.78, 5) is 25.1. The van der Waals surface area contributed by atoms with Gasteiger partial charge in [0, 0.05) is 18.7 Å². The highest BCUT2D eigenvalue weighted by Gasteiger charge is 2.22. The summed E-state index contributed by atoms with van der Waals surface area (Å²) in [7, 11) is 0. The number of carbonyl (C=O) groups excluding carboxylic acids is 2. The molecule has 3 N–H and O–H groups in total. The molecule has 0 bridgehead atoms. The summed E-state index contributed by atoms with van der Waals surface area (Å²) < 4.78 is 5.32. The van der Waals surface area contributed by atoms with Crippen LogP contribution in [0.1, 0.15) is 23.2 Å². The molecule has 26 heavy (non-hydrogen) atoms. The zero-order chi connectivity index (χ0) is 18.5. The lowest BCUT2D eigenvalue weighted by Crippen LogP contribution is -2.42. The molecule has 2 aromatic rings. The molecule has 6 heteroatoms. The molecular weight excluding hydrogens is 332 g/mol. The number of rotatable bonds is 5. The van der Waals surface area contributed by atoms with Gasteiger partial charge >= 0.3 is 0 Å². The van der Waals surface area contributed by atoms with Crippen LogP contribution >= 0.6 is 0 Å². The Balaban J connectivity index is 1.72. The van der Waals surface area contributed by atoms with Crippen LogP contribution in [0.25, 0.3) is 11.1 Å². The molecule has 2 aromatic carbocycles. The van der Waals surface area contributed by atoms with E-state index in [0.29, 0.717) is 24.4 Å². The van der Waals surface area contributed by atoms with Gasteiger partial charge in [-0.3, -0.25) is 9.59 Å². The van der Waals surface area contributed by atoms with Crippen molar-refractivity contribution in [3.8, 4) is 16.9 Å². The van der Waals surface area contributed by atoms with E-state index in [9.17, 15) is 14.7 Å². The molecule has 2 amide bonds. The van der Waals surface area contributed by atoms with Crippen LogP contribution in [0.15, 0.2) is 48.5 Å². The number of primary amides is 1. The van der Waals surface area contributed by atoms with Gasteiger partial charge in [0.2, 0.25) is 0 Å². The minimum absolute atomic E-state index is 0.0613. The van der Waals surface area contributed by atoms with E-state index in [2.05, 4.69) is 0 Å². The maximum Gasteiger partial charge on any atom is 0.255 e. The van der Waals surface area contributed by atoms with E-state index in [1.54, 1.807) is 23.1 Å². The van der Waals surface area contributed by atoms with Gasteiger partial charge in [0.1, 0.15) is 5.75 Å². The van der Waals surface area contributed by atoms with Gasteiger partial charge in [-0.15, -0.1) is 0 Å². The number of hydrogen-bond acceptors (Lipinski definition) is 4. The van der Waals surface area contributed by atoms with Crippen LogP contribution in [0.2, 0.25) is 0 Å². The zero-order valence-corrected chi connectivity index (χ0v) is 14.4. The lowest BCUT2D eigenvalue weighted by atomic mass is 10.0. The highest BCUT2D eigenvalue weighted by atomic mass is 16.5. The summed E-state index contributed by atoms with van der Waals surface area (Å²) in [6, 6.07) is 14.7. The number of ether oxygens (including phenoxy) is 1. The highest BCUT2D eigenvalue weighted by molar-refractivity contribution is 5.94.